The second kappa shape index (κ2) is 7.06. The Kier molecular flexibility index (Phi) is 5.71. The van der Waals surface area contributed by atoms with Crippen LogP contribution in [0, 0.1) is 5.92 Å². The van der Waals surface area contributed by atoms with Crippen LogP contribution in [0.3, 0.4) is 0 Å². The summed E-state index contributed by atoms with van der Waals surface area (Å²) in [6, 6.07) is 5.27. The summed E-state index contributed by atoms with van der Waals surface area (Å²) in [7, 11) is 0. The Bertz CT molecular complexity index is 407. The molecule has 0 aliphatic heterocycles. The van der Waals surface area contributed by atoms with Gasteiger partial charge in [-0.2, -0.15) is 0 Å². The lowest BCUT2D eigenvalue weighted by Crippen LogP contribution is -2.29. The van der Waals surface area contributed by atoms with E-state index in [1.807, 2.05) is 0 Å². The fourth-order valence-corrected chi connectivity index (χ4v) is 1.62. The van der Waals surface area contributed by atoms with E-state index in [2.05, 4.69) is 18.8 Å². The summed E-state index contributed by atoms with van der Waals surface area (Å²) in [5.41, 5.74) is 6.12. The van der Waals surface area contributed by atoms with Gasteiger partial charge in [0.15, 0.2) is 0 Å². The third kappa shape index (κ3) is 4.41. The minimum absolute atomic E-state index is 0.0863. The maximum atomic E-state index is 11.9. The highest BCUT2D eigenvalue weighted by atomic mass is 32.1. The number of thiocarbonyl (C=S) groups is 1. The van der Waals surface area contributed by atoms with E-state index in [1.165, 1.54) is 0 Å². The number of nitrogens with zero attached hydrogens (tertiary/aromatic N) is 1. The third-order valence-corrected chi connectivity index (χ3v) is 2.68. The summed E-state index contributed by atoms with van der Waals surface area (Å²) in [5.74, 6) is -0.703. The molecule has 0 saturated heterocycles. The highest BCUT2D eigenvalue weighted by Crippen LogP contribution is 2.16. The van der Waals surface area contributed by atoms with Gasteiger partial charge in [-0.15, -0.1) is 0 Å². The SMILES string of the molecule is CC(C)CCOC(=O)C(C(N)=S)c1ccccn1. The first-order chi connectivity index (χ1) is 8.52. The molecule has 2 N–H and O–H groups in total. The number of ether oxygens (including phenoxy) is 1. The molecule has 4 nitrogen and oxygen atoms in total. The molecule has 1 rings (SSSR count). The van der Waals surface area contributed by atoms with E-state index in [0.717, 1.165) is 6.42 Å². The highest BCUT2D eigenvalue weighted by Gasteiger charge is 2.26. The van der Waals surface area contributed by atoms with Gasteiger partial charge >= 0.3 is 5.97 Å². The van der Waals surface area contributed by atoms with Gasteiger partial charge in [-0.3, -0.25) is 9.78 Å². The zero-order chi connectivity index (χ0) is 13.5. The number of esters is 1. The topological polar surface area (TPSA) is 65.2 Å². The molecule has 0 radical (unpaired) electrons. The van der Waals surface area contributed by atoms with E-state index in [4.69, 9.17) is 22.7 Å². The van der Waals surface area contributed by atoms with Crippen molar-refractivity contribution >= 4 is 23.2 Å². The largest absolute Gasteiger partial charge is 0.465 e. The average molecular weight is 266 g/mol. The van der Waals surface area contributed by atoms with Crippen LogP contribution in [-0.4, -0.2) is 22.5 Å². The van der Waals surface area contributed by atoms with Crippen molar-refractivity contribution in [2.75, 3.05) is 6.61 Å². The van der Waals surface area contributed by atoms with E-state index in [0.29, 0.717) is 18.2 Å². The predicted octanol–water partition coefficient (Wildman–Crippen LogP) is 2.04. The van der Waals surface area contributed by atoms with Gasteiger partial charge in [-0.1, -0.05) is 32.1 Å². The van der Waals surface area contributed by atoms with Crippen LogP contribution < -0.4 is 5.73 Å². The third-order valence-electron chi connectivity index (χ3n) is 2.44. The molecule has 5 heteroatoms. The smallest absolute Gasteiger partial charge is 0.321 e. The van der Waals surface area contributed by atoms with Crippen molar-refractivity contribution in [3.63, 3.8) is 0 Å². The number of rotatable bonds is 6. The number of nitrogens with two attached hydrogens (primary N) is 1. The Hall–Kier alpha value is -1.49. The molecule has 0 spiro atoms. The molecule has 0 aliphatic rings. The van der Waals surface area contributed by atoms with Crippen molar-refractivity contribution in [1.82, 2.24) is 4.98 Å². The molecule has 0 amide bonds. The Morgan fingerprint density at radius 2 is 2.22 bits per heavy atom. The molecular weight excluding hydrogens is 248 g/mol. The standard InChI is InChI=1S/C13H18N2O2S/c1-9(2)6-8-17-13(16)11(12(14)18)10-5-3-4-7-15-10/h3-5,7,9,11H,6,8H2,1-2H3,(H2,14,18). The number of hydrogen-bond acceptors (Lipinski definition) is 4. The van der Waals surface area contributed by atoms with Gasteiger partial charge in [0, 0.05) is 6.20 Å². The Morgan fingerprint density at radius 1 is 1.50 bits per heavy atom. The number of aromatic nitrogens is 1. The molecule has 1 unspecified atom stereocenters. The molecule has 0 fully saturated rings. The van der Waals surface area contributed by atoms with E-state index in [1.54, 1.807) is 24.4 Å². The lowest BCUT2D eigenvalue weighted by atomic mass is 10.1. The zero-order valence-electron chi connectivity index (χ0n) is 10.6. The van der Waals surface area contributed by atoms with Gasteiger partial charge in [-0.05, 0) is 24.5 Å². The molecule has 0 bridgehead atoms. The lowest BCUT2D eigenvalue weighted by molar-refractivity contribution is -0.144. The molecule has 0 saturated carbocycles. The Morgan fingerprint density at radius 3 is 2.72 bits per heavy atom. The molecule has 1 aromatic heterocycles. The summed E-state index contributed by atoms with van der Waals surface area (Å²) >= 11 is 4.91. The number of carbonyl (C=O) groups excluding carboxylic acids is 1. The van der Waals surface area contributed by atoms with Crippen LogP contribution in [0.1, 0.15) is 31.9 Å². The summed E-state index contributed by atoms with van der Waals surface area (Å²) in [5, 5.41) is 0. The van der Waals surface area contributed by atoms with Crippen LogP contribution in [0.4, 0.5) is 0 Å². The van der Waals surface area contributed by atoms with E-state index in [9.17, 15) is 4.79 Å². The van der Waals surface area contributed by atoms with Crippen molar-refractivity contribution in [2.45, 2.75) is 26.2 Å². The van der Waals surface area contributed by atoms with E-state index in [-0.39, 0.29) is 4.99 Å². The Balaban J connectivity index is 2.69. The van der Waals surface area contributed by atoms with E-state index < -0.39 is 11.9 Å². The van der Waals surface area contributed by atoms with Crippen molar-refractivity contribution in [1.29, 1.82) is 0 Å². The van der Waals surface area contributed by atoms with Crippen molar-refractivity contribution < 1.29 is 9.53 Å². The summed E-state index contributed by atoms with van der Waals surface area (Å²) in [6.45, 7) is 4.51. The summed E-state index contributed by atoms with van der Waals surface area (Å²) in [4.78, 5) is 16.1. The van der Waals surface area contributed by atoms with Crippen LogP contribution in [0.15, 0.2) is 24.4 Å². The number of carbonyl (C=O) groups is 1. The predicted molar refractivity (Wildman–Crippen MR) is 74.2 cm³/mol. The number of pyridine rings is 1. The minimum Gasteiger partial charge on any atom is -0.465 e. The maximum absolute atomic E-state index is 11.9. The van der Waals surface area contributed by atoms with Crippen molar-refractivity contribution in [3.05, 3.63) is 30.1 Å². The highest BCUT2D eigenvalue weighted by molar-refractivity contribution is 7.80. The molecular formula is C13H18N2O2S. The zero-order valence-corrected chi connectivity index (χ0v) is 11.4. The van der Waals surface area contributed by atoms with Crippen molar-refractivity contribution in [2.24, 2.45) is 11.7 Å². The van der Waals surface area contributed by atoms with Gasteiger partial charge in [0.05, 0.1) is 17.3 Å². The fraction of sp³-hybridized carbons (Fsp3) is 0.462. The van der Waals surface area contributed by atoms with Gasteiger partial charge in [0.1, 0.15) is 5.92 Å². The quantitative estimate of drug-likeness (QED) is 0.630. The summed E-state index contributed by atoms with van der Waals surface area (Å²) < 4.78 is 5.18. The molecule has 0 aliphatic carbocycles. The van der Waals surface area contributed by atoms with E-state index >= 15 is 0 Å². The molecule has 1 aromatic rings. The van der Waals surface area contributed by atoms with Crippen LogP contribution in [0.5, 0.6) is 0 Å². The minimum atomic E-state index is -0.756. The second-order valence-corrected chi connectivity index (χ2v) is 4.91. The monoisotopic (exact) mass is 266 g/mol. The van der Waals surface area contributed by atoms with Crippen molar-refractivity contribution in [3.8, 4) is 0 Å². The molecule has 1 heterocycles. The molecule has 98 valence electrons. The first-order valence-electron chi connectivity index (χ1n) is 5.89. The lowest BCUT2D eigenvalue weighted by Gasteiger charge is -2.14. The van der Waals surface area contributed by atoms with Gasteiger partial charge in [0.2, 0.25) is 0 Å². The summed E-state index contributed by atoms with van der Waals surface area (Å²) in [6.07, 6.45) is 2.42. The molecule has 0 aromatic carbocycles. The maximum Gasteiger partial charge on any atom is 0.321 e. The average Bonchev–Trinajstić information content (AvgIpc) is 2.29. The van der Waals surface area contributed by atoms with Gasteiger partial charge < -0.3 is 10.5 Å². The van der Waals surface area contributed by atoms with Crippen LogP contribution in [0.2, 0.25) is 0 Å². The Labute approximate surface area is 113 Å². The number of hydrogen-bond donors (Lipinski definition) is 1. The fourth-order valence-electron chi connectivity index (χ4n) is 1.41. The van der Waals surface area contributed by atoms with Gasteiger partial charge in [0.25, 0.3) is 0 Å². The van der Waals surface area contributed by atoms with Gasteiger partial charge in [-0.25, -0.2) is 0 Å². The second-order valence-electron chi connectivity index (χ2n) is 4.44. The first kappa shape index (κ1) is 14.6. The van der Waals surface area contributed by atoms with Crippen LogP contribution >= 0.6 is 12.2 Å². The normalized spacial score (nSPS) is 12.2. The van der Waals surface area contributed by atoms with Crippen LogP contribution in [-0.2, 0) is 9.53 Å². The van der Waals surface area contributed by atoms with Crippen LogP contribution in [0.25, 0.3) is 0 Å². The molecule has 1 atom stereocenters. The molecule has 18 heavy (non-hydrogen) atoms. The first-order valence-corrected chi connectivity index (χ1v) is 6.30.